The Morgan fingerprint density at radius 1 is 1.08 bits per heavy atom. The molecule has 0 unspecified atom stereocenters. The third-order valence-corrected chi connectivity index (χ3v) is 6.08. The Morgan fingerprint density at radius 3 is 2.21 bits per heavy atom. The number of anilines is 1. The molecule has 5 nitrogen and oxygen atoms in total. The van der Waals surface area contributed by atoms with Crippen molar-refractivity contribution in [2.75, 3.05) is 18.5 Å². The Balaban J connectivity index is 2.43. The second-order valence-corrected chi connectivity index (χ2v) is 7.72. The predicted octanol–water partition coefficient (Wildman–Crippen LogP) is 3.57. The molecule has 0 spiro atoms. The van der Waals surface area contributed by atoms with Gasteiger partial charge in [-0.3, -0.25) is 4.31 Å². The number of sulfonamides is 1. The lowest BCUT2D eigenvalue weighted by Crippen LogP contribution is -2.27. The smallest absolute Gasteiger partial charge is 0.337 e. The Morgan fingerprint density at radius 2 is 1.67 bits per heavy atom. The van der Waals surface area contributed by atoms with E-state index in [0.717, 1.165) is 0 Å². The highest BCUT2D eigenvalue weighted by molar-refractivity contribution is 7.92. The molecule has 0 heterocycles. The highest BCUT2D eigenvalue weighted by Gasteiger charge is 2.24. The molecule has 0 aliphatic carbocycles. The molecule has 0 saturated heterocycles. The van der Waals surface area contributed by atoms with Crippen molar-refractivity contribution in [2.45, 2.75) is 18.7 Å². The number of nitrogens with zero attached hydrogens (tertiary/aromatic N) is 1. The largest absolute Gasteiger partial charge is 0.465 e. The highest BCUT2D eigenvalue weighted by atomic mass is 35.5. The van der Waals surface area contributed by atoms with Crippen molar-refractivity contribution in [3.05, 3.63) is 58.1 Å². The van der Waals surface area contributed by atoms with Crippen molar-refractivity contribution in [2.24, 2.45) is 0 Å². The number of rotatable bonds is 4. The highest BCUT2D eigenvalue weighted by Crippen LogP contribution is 2.28. The average Bonchev–Trinajstić information content (AvgIpc) is 2.56. The minimum absolute atomic E-state index is 0.198. The molecule has 24 heavy (non-hydrogen) atoms. The predicted molar refractivity (Wildman–Crippen MR) is 94.3 cm³/mol. The summed E-state index contributed by atoms with van der Waals surface area (Å²) in [5, 5.41) is 0.525. The molecule has 0 atom stereocenters. The zero-order valence-corrected chi connectivity index (χ0v) is 15.4. The van der Waals surface area contributed by atoms with E-state index in [-0.39, 0.29) is 4.90 Å². The third-order valence-electron chi connectivity index (χ3n) is 3.75. The molecule has 7 heteroatoms. The maximum atomic E-state index is 12.9. The Labute approximate surface area is 146 Å². The minimum atomic E-state index is -3.74. The van der Waals surface area contributed by atoms with Crippen LogP contribution in [0.1, 0.15) is 21.5 Å². The van der Waals surface area contributed by atoms with E-state index in [9.17, 15) is 13.2 Å². The first-order chi connectivity index (χ1) is 11.2. The Hall–Kier alpha value is -2.05. The number of ether oxygens (including phenoxy) is 1. The molecule has 0 aliphatic rings. The molecule has 0 N–H and O–H groups in total. The number of methoxy groups -OCH3 is 1. The fraction of sp³-hybridized carbons (Fsp3) is 0.235. The lowest BCUT2D eigenvalue weighted by Gasteiger charge is -2.21. The first-order valence-electron chi connectivity index (χ1n) is 7.12. The number of aryl methyl sites for hydroxylation is 2. The number of hydrogen-bond donors (Lipinski definition) is 0. The van der Waals surface area contributed by atoms with E-state index in [1.807, 2.05) is 0 Å². The van der Waals surface area contributed by atoms with Crippen LogP contribution < -0.4 is 4.31 Å². The van der Waals surface area contributed by atoms with Gasteiger partial charge in [0.25, 0.3) is 10.0 Å². The van der Waals surface area contributed by atoms with Crippen LogP contribution in [0, 0.1) is 13.8 Å². The first-order valence-corrected chi connectivity index (χ1v) is 8.94. The van der Waals surface area contributed by atoms with Gasteiger partial charge in [0.1, 0.15) is 0 Å². The minimum Gasteiger partial charge on any atom is -0.465 e. The van der Waals surface area contributed by atoms with Gasteiger partial charge < -0.3 is 4.74 Å². The van der Waals surface area contributed by atoms with Gasteiger partial charge >= 0.3 is 5.97 Å². The van der Waals surface area contributed by atoms with Crippen LogP contribution in [-0.4, -0.2) is 28.5 Å². The quantitative estimate of drug-likeness (QED) is 0.775. The van der Waals surface area contributed by atoms with Gasteiger partial charge in [0.2, 0.25) is 0 Å². The number of halogens is 1. The summed E-state index contributed by atoms with van der Waals surface area (Å²) in [5.74, 6) is -0.476. The lowest BCUT2D eigenvalue weighted by molar-refractivity contribution is 0.0601. The van der Waals surface area contributed by atoms with Crippen LogP contribution in [0.2, 0.25) is 5.02 Å². The van der Waals surface area contributed by atoms with Crippen molar-refractivity contribution >= 4 is 33.3 Å². The summed E-state index contributed by atoms with van der Waals surface area (Å²) in [5.41, 5.74) is 2.05. The van der Waals surface area contributed by atoms with Crippen LogP contribution >= 0.6 is 11.6 Å². The number of benzene rings is 2. The third kappa shape index (κ3) is 3.39. The topological polar surface area (TPSA) is 63.7 Å². The van der Waals surface area contributed by atoms with Crippen LogP contribution in [0.15, 0.2) is 41.3 Å². The number of carbonyl (C=O) groups excluding carboxylic acids is 1. The second-order valence-electron chi connectivity index (χ2n) is 5.38. The normalized spacial score (nSPS) is 11.2. The van der Waals surface area contributed by atoms with Gasteiger partial charge in [0, 0.05) is 12.1 Å². The van der Waals surface area contributed by atoms with E-state index in [2.05, 4.69) is 4.74 Å². The number of carbonyl (C=O) groups is 1. The van der Waals surface area contributed by atoms with Crippen molar-refractivity contribution in [1.29, 1.82) is 0 Å². The monoisotopic (exact) mass is 367 g/mol. The van der Waals surface area contributed by atoms with Crippen LogP contribution in [0.25, 0.3) is 0 Å². The molecule has 2 aromatic carbocycles. The molecular weight excluding hydrogens is 350 g/mol. The molecule has 0 radical (unpaired) electrons. The van der Waals surface area contributed by atoms with E-state index in [1.54, 1.807) is 38.1 Å². The molecule has 128 valence electrons. The molecule has 0 saturated carbocycles. The summed E-state index contributed by atoms with van der Waals surface area (Å²) >= 11 is 6.04. The molecule has 0 bridgehead atoms. The van der Waals surface area contributed by atoms with Crippen molar-refractivity contribution in [1.82, 2.24) is 0 Å². The van der Waals surface area contributed by atoms with Gasteiger partial charge in [-0.05, 0) is 61.4 Å². The van der Waals surface area contributed by atoms with Gasteiger partial charge in [0.05, 0.1) is 23.3 Å². The fourth-order valence-electron chi connectivity index (χ4n) is 2.24. The number of hydrogen-bond acceptors (Lipinski definition) is 4. The summed E-state index contributed by atoms with van der Waals surface area (Å²) in [6.45, 7) is 3.46. The molecule has 0 fully saturated rings. The summed E-state index contributed by atoms with van der Waals surface area (Å²) in [6, 6.07) is 9.36. The molecule has 0 aromatic heterocycles. The summed E-state index contributed by atoms with van der Waals surface area (Å²) in [7, 11) is -0.988. The van der Waals surface area contributed by atoms with Gasteiger partial charge in [-0.1, -0.05) is 11.6 Å². The zero-order valence-electron chi connectivity index (χ0n) is 13.8. The summed E-state index contributed by atoms with van der Waals surface area (Å²) in [4.78, 5) is 11.7. The Bertz CT molecular complexity index is 876. The molecule has 2 rings (SSSR count). The van der Waals surface area contributed by atoms with E-state index in [4.69, 9.17) is 11.6 Å². The summed E-state index contributed by atoms with van der Waals surface area (Å²) < 4.78 is 31.6. The van der Waals surface area contributed by atoms with Crippen LogP contribution in [-0.2, 0) is 14.8 Å². The van der Waals surface area contributed by atoms with E-state index < -0.39 is 16.0 Å². The SMILES string of the molecule is COC(=O)c1ccc(N(C)S(=O)(=O)c2cc(C)c(Cl)cc2C)cc1. The van der Waals surface area contributed by atoms with Crippen LogP contribution in [0.4, 0.5) is 5.69 Å². The maximum absolute atomic E-state index is 12.9. The van der Waals surface area contributed by atoms with E-state index in [1.165, 1.54) is 30.6 Å². The fourth-order valence-corrected chi connectivity index (χ4v) is 3.95. The van der Waals surface area contributed by atoms with Gasteiger partial charge in [-0.25, -0.2) is 13.2 Å². The van der Waals surface area contributed by atoms with Gasteiger partial charge in [-0.2, -0.15) is 0 Å². The first kappa shape index (κ1) is 18.3. The number of esters is 1. The Kier molecular flexibility index (Phi) is 5.20. The van der Waals surface area contributed by atoms with Gasteiger partial charge in [0.15, 0.2) is 0 Å². The van der Waals surface area contributed by atoms with Crippen molar-refractivity contribution in [3.63, 3.8) is 0 Å². The average molecular weight is 368 g/mol. The van der Waals surface area contributed by atoms with Crippen molar-refractivity contribution < 1.29 is 17.9 Å². The molecule has 0 amide bonds. The second kappa shape index (κ2) is 6.83. The van der Waals surface area contributed by atoms with E-state index in [0.29, 0.717) is 27.4 Å². The lowest BCUT2D eigenvalue weighted by atomic mass is 10.2. The maximum Gasteiger partial charge on any atom is 0.337 e. The van der Waals surface area contributed by atoms with Crippen molar-refractivity contribution in [3.8, 4) is 0 Å². The standard InChI is InChI=1S/C17H18ClNO4S/c1-11-10-16(12(2)9-15(11)18)24(21,22)19(3)14-7-5-13(6-8-14)17(20)23-4/h5-10H,1-4H3. The molecular formula is C17H18ClNO4S. The molecule has 0 aliphatic heterocycles. The molecule has 2 aromatic rings. The zero-order chi connectivity index (χ0) is 18.1. The van der Waals surface area contributed by atoms with Crippen LogP contribution in [0.3, 0.4) is 0 Å². The van der Waals surface area contributed by atoms with Gasteiger partial charge in [-0.15, -0.1) is 0 Å². The van der Waals surface area contributed by atoms with E-state index >= 15 is 0 Å². The summed E-state index contributed by atoms with van der Waals surface area (Å²) in [6.07, 6.45) is 0. The van der Waals surface area contributed by atoms with Crippen LogP contribution in [0.5, 0.6) is 0 Å².